The van der Waals surface area contributed by atoms with E-state index in [-0.39, 0.29) is 0 Å². The number of nitrogens with zero attached hydrogens (tertiary/aromatic N) is 5. The van der Waals surface area contributed by atoms with Gasteiger partial charge in [-0.25, -0.2) is 4.68 Å². The highest BCUT2D eigenvalue weighted by Crippen LogP contribution is 2.31. The van der Waals surface area contributed by atoms with Gasteiger partial charge in [0.05, 0.1) is 11.9 Å². The van der Waals surface area contributed by atoms with Gasteiger partial charge in [-0.3, -0.25) is 5.43 Å². The molecule has 0 amide bonds. The van der Waals surface area contributed by atoms with E-state index < -0.39 is 0 Å². The standard InChI is InChI=1S/C32H26N6/c1-22-17-18-25(19-23(22)2)31-28-15-9-10-16-29(28)32(36-34-31)35-33-20-26-21-38(27-13-7-4-8-14-27)37-30(26)24-11-5-3-6-12-24/h3-21H,1-2H3,(H,35,36). The number of rotatable bonds is 6. The number of anilines is 1. The Morgan fingerprint density at radius 3 is 2.16 bits per heavy atom. The Bertz CT molecular complexity index is 1750. The van der Waals surface area contributed by atoms with Gasteiger partial charge < -0.3 is 0 Å². The Kier molecular flexibility index (Phi) is 6.20. The fourth-order valence-corrected chi connectivity index (χ4v) is 4.47. The van der Waals surface area contributed by atoms with E-state index in [1.54, 1.807) is 6.21 Å². The van der Waals surface area contributed by atoms with E-state index in [0.717, 1.165) is 44.5 Å². The highest BCUT2D eigenvalue weighted by Gasteiger charge is 2.13. The van der Waals surface area contributed by atoms with Crippen molar-refractivity contribution in [2.75, 3.05) is 5.43 Å². The largest absolute Gasteiger partial charge is 0.259 e. The Hall–Kier alpha value is -5.10. The molecule has 6 rings (SSSR count). The topological polar surface area (TPSA) is 68.0 Å². The summed E-state index contributed by atoms with van der Waals surface area (Å²) in [6.45, 7) is 4.23. The average molecular weight is 495 g/mol. The average Bonchev–Trinajstić information content (AvgIpc) is 3.40. The molecule has 1 N–H and O–H groups in total. The van der Waals surface area contributed by atoms with Gasteiger partial charge in [0.2, 0.25) is 0 Å². The lowest BCUT2D eigenvalue weighted by Gasteiger charge is -2.10. The molecule has 6 nitrogen and oxygen atoms in total. The van der Waals surface area contributed by atoms with Crippen LogP contribution in [0.25, 0.3) is 39.0 Å². The molecule has 2 heterocycles. The highest BCUT2D eigenvalue weighted by molar-refractivity contribution is 6.00. The molecule has 4 aromatic carbocycles. The quantitative estimate of drug-likeness (QED) is 0.196. The van der Waals surface area contributed by atoms with Crippen molar-refractivity contribution in [3.05, 3.63) is 126 Å². The number of hydrazone groups is 1. The van der Waals surface area contributed by atoms with Crippen LogP contribution in [0.4, 0.5) is 5.82 Å². The minimum Gasteiger partial charge on any atom is -0.259 e. The lowest BCUT2D eigenvalue weighted by Crippen LogP contribution is -1.99. The highest BCUT2D eigenvalue weighted by atomic mass is 15.3. The molecule has 0 bridgehead atoms. The van der Waals surface area contributed by atoms with E-state index in [1.165, 1.54) is 11.1 Å². The second-order valence-corrected chi connectivity index (χ2v) is 9.19. The van der Waals surface area contributed by atoms with Gasteiger partial charge in [-0.1, -0.05) is 84.9 Å². The summed E-state index contributed by atoms with van der Waals surface area (Å²) in [7, 11) is 0. The molecule has 0 aliphatic heterocycles. The van der Waals surface area contributed by atoms with Crippen molar-refractivity contribution < 1.29 is 0 Å². The molecule has 184 valence electrons. The van der Waals surface area contributed by atoms with Crippen LogP contribution in [-0.4, -0.2) is 26.2 Å². The molecule has 0 fully saturated rings. The lowest BCUT2D eigenvalue weighted by atomic mass is 10.0. The summed E-state index contributed by atoms with van der Waals surface area (Å²) >= 11 is 0. The molecular weight excluding hydrogens is 468 g/mol. The molecule has 0 aliphatic carbocycles. The van der Waals surface area contributed by atoms with Crippen LogP contribution in [0.3, 0.4) is 0 Å². The van der Waals surface area contributed by atoms with E-state index in [0.29, 0.717) is 5.82 Å². The number of hydrogen-bond acceptors (Lipinski definition) is 5. The maximum Gasteiger partial charge on any atom is 0.176 e. The molecule has 2 aromatic heterocycles. The summed E-state index contributed by atoms with van der Waals surface area (Å²) in [5, 5.41) is 20.5. The minimum absolute atomic E-state index is 0.598. The normalized spacial score (nSPS) is 11.3. The van der Waals surface area contributed by atoms with E-state index >= 15 is 0 Å². The van der Waals surface area contributed by atoms with Crippen LogP contribution in [0.5, 0.6) is 0 Å². The molecule has 0 saturated carbocycles. The van der Waals surface area contributed by atoms with Crippen LogP contribution in [0.1, 0.15) is 16.7 Å². The maximum absolute atomic E-state index is 4.85. The first-order chi connectivity index (χ1) is 18.7. The van der Waals surface area contributed by atoms with Crippen molar-refractivity contribution in [2.24, 2.45) is 5.10 Å². The molecule has 0 aliphatic rings. The van der Waals surface area contributed by atoms with Crippen LogP contribution >= 0.6 is 0 Å². The second-order valence-electron chi connectivity index (χ2n) is 9.19. The molecule has 6 heteroatoms. The summed E-state index contributed by atoms with van der Waals surface area (Å²) in [4.78, 5) is 0. The summed E-state index contributed by atoms with van der Waals surface area (Å²) in [5.41, 5.74) is 11.2. The van der Waals surface area contributed by atoms with E-state index in [2.05, 4.69) is 58.8 Å². The van der Waals surface area contributed by atoms with Gasteiger partial charge in [0, 0.05) is 33.7 Å². The maximum atomic E-state index is 4.85. The molecule has 38 heavy (non-hydrogen) atoms. The molecule has 0 atom stereocenters. The first kappa shape index (κ1) is 23.3. The van der Waals surface area contributed by atoms with Crippen molar-refractivity contribution in [3.63, 3.8) is 0 Å². The zero-order chi connectivity index (χ0) is 25.9. The number of aromatic nitrogens is 4. The van der Waals surface area contributed by atoms with Gasteiger partial charge in [-0.05, 0) is 43.2 Å². The van der Waals surface area contributed by atoms with Crippen LogP contribution < -0.4 is 5.43 Å². The molecule has 0 spiro atoms. The minimum atomic E-state index is 0.598. The van der Waals surface area contributed by atoms with Gasteiger partial charge in [-0.2, -0.15) is 10.2 Å². The van der Waals surface area contributed by atoms with Crippen molar-refractivity contribution in [3.8, 4) is 28.2 Å². The predicted molar refractivity (Wildman–Crippen MR) is 155 cm³/mol. The molecule has 0 radical (unpaired) electrons. The summed E-state index contributed by atoms with van der Waals surface area (Å²) in [5.74, 6) is 0.598. The third-order valence-electron chi connectivity index (χ3n) is 6.65. The number of nitrogens with one attached hydrogen (secondary N) is 1. The van der Waals surface area contributed by atoms with Gasteiger partial charge >= 0.3 is 0 Å². The second kappa shape index (κ2) is 10.1. The van der Waals surface area contributed by atoms with Crippen molar-refractivity contribution in [1.29, 1.82) is 0 Å². The fourth-order valence-electron chi connectivity index (χ4n) is 4.47. The smallest absolute Gasteiger partial charge is 0.176 e. The number of hydrogen-bond donors (Lipinski definition) is 1. The van der Waals surface area contributed by atoms with E-state index in [9.17, 15) is 0 Å². The third kappa shape index (κ3) is 4.55. The van der Waals surface area contributed by atoms with Gasteiger partial charge in [0.25, 0.3) is 0 Å². The van der Waals surface area contributed by atoms with Crippen LogP contribution in [-0.2, 0) is 0 Å². The molecular formula is C32H26N6. The van der Waals surface area contributed by atoms with Gasteiger partial charge in [0.1, 0.15) is 11.4 Å². The summed E-state index contributed by atoms with van der Waals surface area (Å²) < 4.78 is 1.87. The predicted octanol–water partition coefficient (Wildman–Crippen LogP) is 7.21. The number of para-hydroxylation sites is 1. The van der Waals surface area contributed by atoms with Crippen molar-refractivity contribution in [2.45, 2.75) is 13.8 Å². The Morgan fingerprint density at radius 2 is 1.39 bits per heavy atom. The Morgan fingerprint density at radius 1 is 0.684 bits per heavy atom. The van der Waals surface area contributed by atoms with E-state index in [4.69, 9.17) is 5.10 Å². The first-order valence-corrected chi connectivity index (χ1v) is 12.5. The van der Waals surface area contributed by atoms with Gasteiger partial charge in [-0.15, -0.1) is 10.2 Å². The number of fused-ring (bicyclic) bond motifs is 1. The molecule has 0 saturated heterocycles. The van der Waals surface area contributed by atoms with Gasteiger partial charge in [0.15, 0.2) is 5.82 Å². The van der Waals surface area contributed by atoms with E-state index in [1.807, 2.05) is 89.7 Å². The van der Waals surface area contributed by atoms with Crippen molar-refractivity contribution in [1.82, 2.24) is 20.0 Å². The number of benzene rings is 4. The molecule has 6 aromatic rings. The summed E-state index contributed by atoms with van der Waals surface area (Å²) in [6.07, 6.45) is 3.76. The first-order valence-electron chi connectivity index (χ1n) is 12.5. The fraction of sp³-hybridized carbons (Fsp3) is 0.0625. The van der Waals surface area contributed by atoms with Crippen LogP contribution in [0.2, 0.25) is 0 Å². The summed E-state index contributed by atoms with van der Waals surface area (Å²) in [6, 6.07) is 34.7. The van der Waals surface area contributed by atoms with Crippen LogP contribution in [0.15, 0.2) is 114 Å². The monoisotopic (exact) mass is 494 g/mol. The lowest BCUT2D eigenvalue weighted by molar-refractivity contribution is 0.884. The third-order valence-corrected chi connectivity index (χ3v) is 6.65. The zero-order valence-corrected chi connectivity index (χ0v) is 21.2. The van der Waals surface area contributed by atoms with Crippen molar-refractivity contribution >= 4 is 22.8 Å². The Labute approximate surface area is 221 Å². The molecule has 0 unspecified atom stereocenters. The number of aryl methyl sites for hydroxylation is 2. The zero-order valence-electron chi connectivity index (χ0n) is 21.2. The Balaban J connectivity index is 1.35. The SMILES string of the molecule is Cc1ccc(-c2nnc(NN=Cc3cn(-c4ccccc4)nc3-c3ccccc3)c3ccccc23)cc1C. The van der Waals surface area contributed by atoms with Crippen LogP contribution in [0, 0.1) is 13.8 Å².